The Hall–Kier alpha value is -2.28. The van der Waals surface area contributed by atoms with Crippen LogP contribution in [0, 0.1) is 0 Å². The van der Waals surface area contributed by atoms with E-state index in [9.17, 15) is 14.7 Å². The van der Waals surface area contributed by atoms with Gasteiger partial charge in [0.25, 0.3) is 0 Å². The number of carbonyl (C=O) groups is 2. The van der Waals surface area contributed by atoms with Crippen molar-refractivity contribution in [3.05, 3.63) is 23.8 Å². The van der Waals surface area contributed by atoms with E-state index in [-0.39, 0.29) is 11.2 Å². The molecule has 0 spiro atoms. The average Bonchev–Trinajstić information content (AvgIpc) is 2.84. The van der Waals surface area contributed by atoms with Gasteiger partial charge in [0, 0.05) is 24.9 Å². The van der Waals surface area contributed by atoms with E-state index in [1.54, 1.807) is 0 Å². The van der Waals surface area contributed by atoms with Gasteiger partial charge in [-0.15, -0.1) is 0 Å². The molecule has 2 rings (SSSR count). The number of ether oxygens (including phenoxy) is 1. The molecule has 21 heavy (non-hydrogen) atoms. The summed E-state index contributed by atoms with van der Waals surface area (Å²) in [5.41, 5.74) is -0.243. The molecule has 2 amide bonds. The summed E-state index contributed by atoms with van der Waals surface area (Å²) < 4.78 is 5.55. The number of hydrogen-bond acceptors (Lipinski definition) is 4. The average molecular weight is 294 g/mol. The lowest BCUT2D eigenvalue weighted by Crippen LogP contribution is -2.41. The highest BCUT2D eigenvalue weighted by Crippen LogP contribution is 2.24. The topological polar surface area (TPSA) is 108 Å². The fraction of sp³-hybridized carbons (Fsp3) is 0.429. The first-order valence-electron chi connectivity index (χ1n) is 6.65. The molecule has 0 aliphatic carbocycles. The molecular formula is C14H18N2O5. The fourth-order valence-corrected chi connectivity index (χ4v) is 2.21. The smallest absolute Gasteiger partial charge is 0.339 e. The Labute approximate surface area is 121 Å². The predicted octanol–water partition coefficient (Wildman–Crippen LogP) is 1.78. The predicted molar refractivity (Wildman–Crippen MR) is 75.7 cm³/mol. The van der Waals surface area contributed by atoms with Crippen molar-refractivity contribution < 1.29 is 24.5 Å². The zero-order valence-electron chi connectivity index (χ0n) is 11.7. The maximum Gasteiger partial charge on any atom is 0.339 e. The first kappa shape index (κ1) is 15.1. The number of anilines is 1. The van der Waals surface area contributed by atoms with Gasteiger partial charge in [-0.2, -0.15) is 0 Å². The number of amides is 2. The monoisotopic (exact) mass is 294 g/mol. The summed E-state index contributed by atoms with van der Waals surface area (Å²) in [6.45, 7) is 3.02. The largest absolute Gasteiger partial charge is 0.507 e. The number of carboxylic acids is 1. The van der Waals surface area contributed by atoms with Gasteiger partial charge in [0.2, 0.25) is 0 Å². The maximum absolute atomic E-state index is 11.8. The summed E-state index contributed by atoms with van der Waals surface area (Å²) in [7, 11) is 0. The third-order valence-corrected chi connectivity index (χ3v) is 3.41. The highest BCUT2D eigenvalue weighted by molar-refractivity contribution is 5.93. The van der Waals surface area contributed by atoms with Gasteiger partial charge in [0.05, 0.1) is 5.60 Å². The molecule has 1 fully saturated rings. The number of benzene rings is 1. The molecule has 7 nitrogen and oxygen atoms in total. The van der Waals surface area contributed by atoms with Crippen molar-refractivity contribution >= 4 is 17.7 Å². The lowest BCUT2D eigenvalue weighted by molar-refractivity contribution is 0.0232. The zero-order chi connectivity index (χ0) is 15.5. The van der Waals surface area contributed by atoms with Gasteiger partial charge in [-0.1, -0.05) is 0 Å². The molecule has 1 heterocycles. The molecule has 0 bridgehead atoms. The van der Waals surface area contributed by atoms with Crippen LogP contribution in [0.5, 0.6) is 5.75 Å². The molecule has 1 aromatic rings. The Morgan fingerprint density at radius 2 is 2.19 bits per heavy atom. The Morgan fingerprint density at radius 1 is 1.43 bits per heavy atom. The lowest BCUT2D eigenvalue weighted by Gasteiger charge is -2.23. The van der Waals surface area contributed by atoms with Crippen LogP contribution in [0.4, 0.5) is 10.5 Å². The Balaban J connectivity index is 1.90. The van der Waals surface area contributed by atoms with Crippen LogP contribution in [0.15, 0.2) is 18.2 Å². The van der Waals surface area contributed by atoms with Crippen molar-refractivity contribution in [3.63, 3.8) is 0 Å². The van der Waals surface area contributed by atoms with Crippen molar-refractivity contribution in [2.24, 2.45) is 0 Å². The van der Waals surface area contributed by atoms with Crippen molar-refractivity contribution in [2.45, 2.75) is 25.4 Å². The number of aromatic carboxylic acids is 1. The van der Waals surface area contributed by atoms with Crippen molar-refractivity contribution in [1.29, 1.82) is 0 Å². The molecule has 1 aromatic carbocycles. The van der Waals surface area contributed by atoms with Gasteiger partial charge in [0.1, 0.15) is 11.3 Å². The van der Waals surface area contributed by atoms with Gasteiger partial charge >= 0.3 is 12.0 Å². The van der Waals surface area contributed by atoms with Crippen molar-refractivity contribution in [1.82, 2.24) is 5.32 Å². The molecule has 7 heteroatoms. The highest BCUT2D eigenvalue weighted by atomic mass is 16.5. The molecule has 1 unspecified atom stereocenters. The van der Waals surface area contributed by atoms with E-state index >= 15 is 0 Å². The number of nitrogens with one attached hydrogen (secondary N) is 2. The maximum atomic E-state index is 11.8. The molecule has 0 saturated carbocycles. The molecule has 114 valence electrons. The van der Waals surface area contributed by atoms with Crippen LogP contribution in [-0.4, -0.2) is 41.0 Å². The van der Waals surface area contributed by atoms with Crippen LogP contribution < -0.4 is 10.6 Å². The Bertz CT molecular complexity index is 552. The van der Waals surface area contributed by atoms with Crippen LogP contribution >= 0.6 is 0 Å². The number of carboxylic acid groups (broad SMARTS) is 1. The van der Waals surface area contributed by atoms with E-state index in [2.05, 4.69) is 10.6 Å². The van der Waals surface area contributed by atoms with Crippen molar-refractivity contribution in [2.75, 3.05) is 18.5 Å². The van der Waals surface area contributed by atoms with Crippen LogP contribution in [0.25, 0.3) is 0 Å². The molecule has 1 aliphatic heterocycles. The van der Waals surface area contributed by atoms with Gasteiger partial charge in [-0.3, -0.25) is 0 Å². The first-order valence-corrected chi connectivity index (χ1v) is 6.65. The zero-order valence-corrected chi connectivity index (χ0v) is 11.7. The summed E-state index contributed by atoms with van der Waals surface area (Å²) in [5.74, 6) is -1.62. The summed E-state index contributed by atoms with van der Waals surface area (Å²) >= 11 is 0. The van der Waals surface area contributed by atoms with Gasteiger partial charge in [0.15, 0.2) is 0 Å². The second-order valence-electron chi connectivity index (χ2n) is 5.25. The second-order valence-corrected chi connectivity index (χ2v) is 5.25. The minimum Gasteiger partial charge on any atom is -0.507 e. The van der Waals surface area contributed by atoms with Gasteiger partial charge in [-0.05, 0) is 31.9 Å². The van der Waals surface area contributed by atoms with E-state index in [0.717, 1.165) is 12.8 Å². The van der Waals surface area contributed by atoms with Gasteiger partial charge < -0.3 is 25.6 Å². The number of rotatable bonds is 4. The summed E-state index contributed by atoms with van der Waals surface area (Å²) in [5, 5.41) is 23.6. The van der Waals surface area contributed by atoms with Crippen LogP contribution in [0.3, 0.4) is 0 Å². The molecule has 4 N–H and O–H groups in total. The normalized spacial score (nSPS) is 21.0. The fourth-order valence-electron chi connectivity index (χ4n) is 2.21. The van der Waals surface area contributed by atoms with Crippen LogP contribution in [0.2, 0.25) is 0 Å². The van der Waals surface area contributed by atoms with Gasteiger partial charge in [-0.25, -0.2) is 9.59 Å². The summed E-state index contributed by atoms with van der Waals surface area (Å²) in [4.78, 5) is 22.5. The van der Waals surface area contributed by atoms with E-state index < -0.39 is 17.7 Å². The highest BCUT2D eigenvalue weighted by Gasteiger charge is 2.30. The lowest BCUT2D eigenvalue weighted by atomic mass is 10.0. The molecule has 1 saturated heterocycles. The quantitative estimate of drug-likeness (QED) is 0.677. The standard InChI is InChI=1S/C14H18N2O5/c1-14(5-2-6-21-14)8-15-13(20)16-9-3-4-10(12(18)19)11(17)7-9/h3-4,7,17H,2,5-6,8H2,1H3,(H,18,19)(H2,15,16,20). The first-order chi connectivity index (χ1) is 9.89. The van der Waals surface area contributed by atoms with Crippen LogP contribution in [0.1, 0.15) is 30.1 Å². The molecule has 1 aliphatic rings. The van der Waals surface area contributed by atoms with E-state index in [1.165, 1.54) is 18.2 Å². The Kier molecular flexibility index (Phi) is 4.32. The number of aromatic hydroxyl groups is 1. The minimum atomic E-state index is -1.23. The molecule has 0 aromatic heterocycles. The second kappa shape index (κ2) is 6.01. The van der Waals surface area contributed by atoms with E-state index in [1.807, 2.05) is 6.92 Å². The molecule has 0 radical (unpaired) electrons. The minimum absolute atomic E-state index is 0.215. The molecular weight excluding hydrogens is 276 g/mol. The number of hydrogen-bond donors (Lipinski definition) is 4. The third-order valence-electron chi connectivity index (χ3n) is 3.41. The van der Waals surface area contributed by atoms with E-state index in [4.69, 9.17) is 9.84 Å². The summed E-state index contributed by atoms with van der Waals surface area (Å²) in [6.07, 6.45) is 1.87. The number of carbonyl (C=O) groups excluding carboxylic acids is 1. The number of urea groups is 1. The molecule has 1 atom stereocenters. The third kappa shape index (κ3) is 3.85. The SMILES string of the molecule is CC1(CNC(=O)Nc2ccc(C(=O)O)c(O)c2)CCCO1. The van der Waals surface area contributed by atoms with Crippen molar-refractivity contribution in [3.8, 4) is 5.75 Å². The number of phenols is 1. The Morgan fingerprint density at radius 3 is 2.76 bits per heavy atom. The summed E-state index contributed by atoms with van der Waals surface area (Å²) in [6, 6.07) is 3.40. The van der Waals surface area contributed by atoms with Crippen LogP contribution in [-0.2, 0) is 4.74 Å². The van der Waals surface area contributed by atoms with E-state index in [0.29, 0.717) is 18.8 Å².